The van der Waals surface area contributed by atoms with E-state index in [9.17, 15) is 5.11 Å². The second-order valence-corrected chi connectivity index (χ2v) is 14.0. The molecule has 0 amide bonds. The van der Waals surface area contributed by atoms with Gasteiger partial charge in [0.05, 0.1) is 16.6 Å². The van der Waals surface area contributed by atoms with Gasteiger partial charge < -0.3 is 9.52 Å². The molecule has 4 aromatic carbocycles. The van der Waals surface area contributed by atoms with Gasteiger partial charge in [-0.3, -0.25) is 4.90 Å². The number of pyridine rings is 1. The normalized spacial score (nSPS) is 12.1. The number of benzene rings is 4. The lowest BCUT2D eigenvalue weighted by Crippen LogP contribution is -2.17. The first-order chi connectivity index (χ1) is 22.5. The number of hydrogen-bond acceptors (Lipinski definition) is 6. The van der Waals surface area contributed by atoms with E-state index in [1.807, 2.05) is 72.8 Å². The highest BCUT2D eigenvalue weighted by Crippen LogP contribution is 2.44. The summed E-state index contributed by atoms with van der Waals surface area (Å²) in [6.07, 6.45) is 1.80. The minimum atomic E-state index is -0.299. The number of aromatic hydroxyl groups is 1. The molecular formula is C41H38N4O2. The minimum absolute atomic E-state index is 0.157. The maximum Gasteiger partial charge on any atom is 0.231 e. The highest BCUT2D eigenvalue weighted by atomic mass is 16.3. The molecule has 0 spiro atoms. The molecule has 0 fully saturated rings. The smallest absolute Gasteiger partial charge is 0.231 e. The Bertz CT molecular complexity index is 2190. The number of rotatable bonds is 5. The topological polar surface area (TPSA) is 75.3 Å². The third-order valence-electron chi connectivity index (χ3n) is 8.53. The predicted molar refractivity (Wildman–Crippen MR) is 192 cm³/mol. The third-order valence-corrected chi connectivity index (χ3v) is 8.53. The van der Waals surface area contributed by atoms with Crippen molar-refractivity contribution in [2.45, 2.75) is 52.4 Å². The molecule has 0 saturated carbocycles. The van der Waals surface area contributed by atoms with Crippen molar-refractivity contribution in [3.05, 3.63) is 127 Å². The molecule has 3 aromatic heterocycles. The van der Waals surface area contributed by atoms with Crippen LogP contribution in [0.5, 0.6) is 5.75 Å². The van der Waals surface area contributed by atoms with Crippen molar-refractivity contribution in [2.75, 3.05) is 4.90 Å². The zero-order valence-electron chi connectivity index (χ0n) is 27.6. The van der Waals surface area contributed by atoms with Gasteiger partial charge in [-0.15, -0.1) is 0 Å². The Labute approximate surface area is 275 Å². The molecule has 6 nitrogen and oxygen atoms in total. The van der Waals surface area contributed by atoms with Gasteiger partial charge in [0.15, 0.2) is 5.82 Å². The molecule has 0 atom stereocenters. The van der Waals surface area contributed by atoms with Crippen LogP contribution in [0.4, 0.5) is 17.2 Å². The first kappa shape index (κ1) is 30.2. The van der Waals surface area contributed by atoms with E-state index in [1.165, 1.54) is 0 Å². The average molecular weight is 619 g/mol. The maximum absolute atomic E-state index is 11.8. The van der Waals surface area contributed by atoms with E-state index in [4.69, 9.17) is 19.4 Å². The Morgan fingerprint density at radius 2 is 1.40 bits per heavy atom. The van der Waals surface area contributed by atoms with Crippen molar-refractivity contribution < 1.29 is 9.52 Å². The summed E-state index contributed by atoms with van der Waals surface area (Å²) in [6.45, 7) is 12.9. The molecule has 0 radical (unpaired) electrons. The van der Waals surface area contributed by atoms with Crippen LogP contribution in [0.3, 0.4) is 0 Å². The number of phenols is 1. The van der Waals surface area contributed by atoms with Gasteiger partial charge in [-0.1, -0.05) is 102 Å². The summed E-state index contributed by atoms with van der Waals surface area (Å²) in [5.41, 5.74) is 6.82. The first-order valence-corrected chi connectivity index (χ1v) is 15.9. The Balaban J connectivity index is 1.50. The predicted octanol–water partition coefficient (Wildman–Crippen LogP) is 10.9. The molecule has 0 aliphatic heterocycles. The summed E-state index contributed by atoms with van der Waals surface area (Å²) in [5, 5.41) is 13.5. The van der Waals surface area contributed by atoms with Crippen molar-refractivity contribution in [3.63, 3.8) is 0 Å². The summed E-state index contributed by atoms with van der Waals surface area (Å²) in [5.74, 6) is 1.40. The zero-order valence-corrected chi connectivity index (χ0v) is 27.6. The molecule has 7 aromatic rings. The van der Waals surface area contributed by atoms with Crippen LogP contribution in [-0.4, -0.2) is 20.1 Å². The molecule has 3 heterocycles. The summed E-state index contributed by atoms with van der Waals surface area (Å²) in [4.78, 5) is 17.0. The van der Waals surface area contributed by atoms with E-state index < -0.39 is 0 Å². The molecule has 1 N–H and O–H groups in total. The monoisotopic (exact) mass is 618 g/mol. The largest absolute Gasteiger partial charge is 0.507 e. The van der Waals surface area contributed by atoms with Crippen LogP contribution in [0.25, 0.3) is 44.7 Å². The van der Waals surface area contributed by atoms with Crippen molar-refractivity contribution >= 4 is 39.3 Å². The number of anilines is 3. The molecule has 0 bridgehead atoms. The molecule has 6 heteroatoms. The molecule has 7 rings (SSSR count). The van der Waals surface area contributed by atoms with Crippen LogP contribution >= 0.6 is 0 Å². The van der Waals surface area contributed by atoms with E-state index >= 15 is 0 Å². The lowest BCUT2D eigenvalue weighted by molar-refractivity contribution is 0.446. The lowest BCUT2D eigenvalue weighted by atomic mass is 9.79. The fourth-order valence-electron chi connectivity index (χ4n) is 6.03. The van der Waals surface area contributed by atoms with Gasteiger partial charge >= 0.3 is 0 Å². The second kappa shape index (κ2) is 11.4. The van der Waals surface area contributed by atoms with Crippen LogP contribution in [0, 0.1) is 0 Å². The van der Waals surface area contributed by atoms with Gasteiger partial charge in [0.1, 0.15) is 17.2 Å². The molecular weight excluding hydrogens is 580 g/mol. The third kappa shape index (κ3) is 5.61. The number of phenolic OH excluding ortho intramolecular Hbond substituents is 1. The SMILES string of the molecule is CC(C)(C)c1cc(-c2nc(-c3cccc(N(c4ccccc4)c4ccccn4)c3)c3c(n2)oc2ccccc23)c(O)c(C(C)(C)C)c1. The maximum atomic E-state index is 11.8. The standard InChI is InChI=1S/C41H38N4O2/c1-40(2,3)27-24-31(37(46)32(25-27)41(4,5)6)38-43-36(35-30-19-10-11-20-33(30)47-39(35)44-38)26-15-14-18-29(23-26)45(28-16-8-7-9-17-28)34-21-12-13-22-42-34/h7-25,46H,1-6H3. The second-order valence-electron chi connectivity index (χ2n) is 14.0. The van der Waals surface area contributed by atoms with Crippen LogP contribution in [0.15, 0.2) is 120 Å². The molecule has 0 aliphatic rings. The summed E-state index contributed by atoms with van der Waals surface area (Å²) in [6, 6.07) is 36.5. The zero-order chi connectivity index (χ0) is 32.9. The van der Waals surface area contributed by atoms with Crippen molar-refractivity contribution in [1.29, 1.82) is 0 Å². The van der Waals surface area contributed by atoms with E-state index in [1.54, 1.807) is 6.20 Å². The van der Waals surface area contributed by atoms with Crippen molar-refractivity contribution in [3.8, 4) is 28.4 Å². The van der Waals surface area contributed by atoms with Gasteiger partial charge in [0.25, 0.3) is 0 Å². The summed E-state index contributed by atoms with van der Waals surface area (Å²) < 4.78 is 6.37. The van der Waals surface area contributed by atoms with Crippen molar-refractivity contribution in [2.24, 2.45) is 0 Å². The number of furan rings is 1. The highest BCUT2D eigenvalue weighted by Gasteiger charge is 2.28. The van der Waals surface area contributed by atoms with E-state index in [-0.39, 0.29) is 16.6 Å². The highest BCUT2D eigenvalue weighted by molar-refractivity contribution is 6.10. The van der Waals surface area contributed by atoms with Crippen LogP contribution in [0.2, 0.25) is 0 Å². The van der Waals surface area contributed by atoms with Crippen LogP contribution in [-0.2, 0) is 10.8 Å². The number of aromatic nitrogens is 3. The molecule has 234 valence electrons. The van der Waals surface area contributed by atoms with Gasteiger partial charge in [-0.2, -0.15) is 4.98 Å². The minimum Gasteiger partial charge on any atom is -0.507 e. The Kier molecular flexibility index (Phi) is 7.31. The summed E-state index contributed by atoms with van der Waals surface area (Å²) in [7, 11) is 0. The van der Waals surface area contributed by atoms with Crippen LogP contribution < -0.4 is 4.90 Å². The fourth-order valence-corrected chi connectivity index (χ4v) is 6.03. The van der Waals surface area contributed by atoms with Gasteiger partial charge in [-0.05, 0) is 64.9 Å². The molecule has 0 unspecified atom stereocenters. The van der Waals surface area contributed by atoms with E-state index in [0.29, 0.717) is 17.1 Å². The van der Waals surface area contributed by atoms with Gasteiger partial charge in [0.2, 0.25) is 5.71 Å². The van der Waals surface area contributed by atoms with Crippen LogP contribution in [0.1, 0.15) is 52.7 Å². The molecule has 0 saturated heterocycles. The Morgan fingerprint density at radius 3 is 2.13 bits per heavy atom. The average Bonchev–Trinajstić information content (AvgIpc) is 3.43. The number of fused-ring (bicyclic) bond motifs is 3. The Morgan fingerprint density at radius 1 is 0.681 bits per heavy atom. The fraction of sp³-hybridized carbons (Fsp3) is 0.195. The number of para-hydroxylation sites is 2. The van der Waals surface area contributed by atoms with Gasteiger partial charge in [0, 0.05) is 34.1 Å². The Hall–Kier alpha value is -5.49. The summed E-state index contributed by atoms with van der Waals surface area (Å²) >= 11 is 0. The lowest BCUT2D eigenvalue weighted by Gasteiger charge is -2.27. The number of hydrogen-bond donors (Lipinski definition) is 1. The molecule has 47 heavy (non-hydrogen) atoms. The van der Waals surface area contributed by atoms with Crippen molar-refractivity contribution in [1.82, 2.24) is 15.0 Å². The quantitative estimate of drug-likeness (QED) is 0.207. The first-order valence-electron chi connectivity index (χ1n) is 15.9. The molecule has 0 aliphatic carbocycles. The van der Waals surface area contributed by atoms with E-state index in [0.717, 1.165) is 55.9 Å². The number of nitrogens with zero attached hydrogens (tertiary/aromatic N) is 4. The van der Waals surface area contributed by atoms with E-state index in [2.05, 4.69) is 82.8 Å². The van der Waals surface area contributed by atoms with Gasteiger partial charge in [-0.25, -0.2) is 9.97 Å².